The van der Waals surface area contributed by atoms with Crippen molar-refractivity contribution >= 4 is 33.1 Å². The van der Waals surface area contributed by atoms with Gasteiger partial charge in [0.1, 0.15) is 5.65 Å². The summed E-state index contributed by atoms with van der Waals surface area (Å²) in [6.45, 7) is 0. The molecule has 0 radical (unpaired) electrons. The van der Waals surface area contributed by atoms with Crippen LogP contribution in [0.4, 0.5) is 0 Å². The molecule has 0 atom stereocenters. The van der Waals surface area contributed by atoms with E-state index in [-0.39, 0.29) is 22.9 Å². The number of hydrogen-bond donors (Lipinski definition) is 4. The lowest BCUT2D eigenvalue weighted by Gasteiger charge is -2.17. The number of phenols is 2. The average Bonchev–Trinajstić information content (AvgIpc) is 3.24. The van der Waals surface area contributed by atoms with Crippen molar-refractivity contribution in [3.8, 4) is 28.4 Å². The van der Waals surface area contributed by atoms with Crippen LogP contribution < -0.4 is 15.7 Å². The number of nitrogens with zero attached hydrogens (tertiary/aromatic N) is 1. The minimum Gasteiger partial charge on any atom is -0.504 e. The van der Waals surface area contributed by atoms with Crippen LogP contribution >= 0.6 is 0 Å². The first-order chi connectivity index (χ1) is 17.0. The SMILES string of the molecule is COc1ccc(-c2c3oc4c(O)c(=O)ccc4c3[nH]c3c2c(=O)[nH]n3C2CCCCCC2)cc1O. The van der Waals surface area contributed by atoms with Gasteiger partial charge in [0.2, 0.25) is 11.2 Å². The maximum Gasteiger partial charge on any atom is 0.274 e. The van der Waals surface area contributed by atoms with Crippen LogP contribution in [0.25, 0.3) is 44.2 Å². The Hall–Kier alpha value is -4.14. The molecule has 180 valence electrons. The monoisotopic (exact) mass is 475 g/mol. The van der Waals surface area contributed by atoms with Gasteiger partial charge in [-0.3, -0.25) is 19.4 Å². The van der Waals surface area contributed by atoms with Crippen LogP contribution in [0.5, 0.6) is 17.2 Å². The molecule has 0 aliphatic heterocycles. The highest BCUT2D eigenvalue weighted by molar-refractivity contribution is 6.15. The maximum atomic E-state index is 13.4. The molecule has 6 rings (SSSR count). The molecule has 4 N–H and O–H groups in total. The van der Waals surface area contributed by atoms with Crippen molar-refractivity contribution in [1.29, 1.82) is 0 Å². The molecular formula is C26H25N3O6. The highest BCUT2D eigenvalue weighted by atomic mass is 16.5. The summed E-state index contributed by atoms with van der Waals surface area (Å²) in [6, 6.07) is 7.89. The molecule has 0 saturated heterocycles. The maximum absolute atomic E-state index is 13.4. The van der Waals surface area contributed by atoms with Crippen LogP contribution in [0.2, 0.25) is 0 Å². The van der Waals surface area contributed by atoms with Gasteiger partial charge in [0, 0.05) is 10.9 Å². The summed E-state index contributed by atoms with van der Waals surface area (Å²) in [7, 11) is 1.46. The number of hydrogen-bond acceptors (Lipinski definition) is 6. The van der Waals surface area contributed by atoms with Crippen molar-refractivity contribution in [3.63, 3.8) is 0 Å². The number of pyridine rings is 1. The number of nitrogens with one attached hydrogen (secondary N) is 2. The fourth-order valence-electron chi connectivity index (χ4n) is 5.38. The summed E-state index contributed by atoms with van der Waals surface area (Å²) >= 11 is 0. The number of H-pyrrole nitrogens is 2. The molecule has 35 heavy (non-hydrogen) atoms. The second kappa shape index (κ2) is 7.97. The largest absolute Gasteiger partial charge is 0.504 e. The third kappa shape index (κ3) is 3.22. The van der Waals surface area contributed by atoms with Gasteiger partial charge in [0.05, 0.1) is 24.1 Å². The van der Waals surface area contributed by atoms with Crippen molar-refractivity contribution in [2.45, 2.75) is 44.6 Å². The van der Waals surface area contributed by atoms with Crippen LogP contribution in [-0.2, 0) is 0 Å². The topological polar surface area (TPSA) is 133 Å². The Bertz CT molecular complexity index is 1710. The Morgan fingerprint density at radius 1 is 1.03 bits per heavy atom. The van der Waals surface area contributed by atoms with Crippen molar-refractivity contribution in [1.82, 2.24) is 14.8 Å². The zero-order valence-corrected chi connectivity index (χ0v) is 19.2. The van der Waals surface area contributed by atoms with E-state index in [0.717, 1.165) is 25.7 Å². The Morgan fingerprint density at radius 2 is 1.80 bits per heavy atom. The first-order valence-electron chi connectivity index (χ1n) is 11.8. The second-order valence-corrected chi connectivity index (χ2v) is 9.16. The molecule has 2 aromatic carbocycles. The predicted octanol–water partition coefficient (Wildman–Crippen LogP) is 4.90. The van der Waals surface area contributed by atoms with E-state index in [1.807, 2.05) is 4.68 Å². The predicted molar refractivity (Wildman–Crippen MR) is 133 cm³/mol. The van der Waals surface area contributed by atoms with Gasteiger partial charge in [0.15, 0.2) is 22.7 Å². The normalized spacial score (nSPS) is 15.2. The van der Waals surface area contributed by atoms with E-state index < -0.39 is 11.2 Å². The Labute approximate surface area is 198 Å². The van der Waals surface area contributed by atoms with E-state index >= 15 is 0 Å². The first kappa shape index (κ1) is 21.4. The molecule has 9 nitrogen and oxygen atoms in total. The van der Waals surface area contributed by atoms with Gasteiger partial charge in [0.25, 0.3) is 5.56 Å². The van der Waals surface area contributed by atoms with Crippen molar-refractivity contribution in [3.05, 3.63) is 50.9 Å². The third-order valence-electron chi connectivity index (χ3n) is 7.10. The molecule has 0 amide bonds. The summed E-state index contributed by atoms with van der Waals surface area (Å²) in [5.74, 6) is -0.271. The quantitative estimate of drug-likeness (QED) is 0.274. The molecule has 1 saturated carbocycles. The highest BCUT2D eigenvalue weighted by Gasteiger charge is 2.26. The molecule has 1 fully saturated rings. The van der Waals surface area contributed by atoms with E-state index in [2.05, 4.69) is 10.1 Å². The number of benzene rings is 2. The second-order valence-electron chi connectivity index (χ2n) is 9.16. The minimum absolute atomic E-state index is 0.0489. The molecule has 0 bridgehead atoms. The summed E-state index contributed by atoms with van der Waals surface area (Å²) in [5.41, 5.74) is 1.67. The third-order valence-corrected chi connectivity index (χ3v) is 7.10. The van der Waals surface area contributed by atoms with Gasteiger partial charge in [-0.1, -0.05) is 31.7 Å². The van der Waals surface area contributed by atoms with Crippen LogP contribution in [0.1, 0.15) is 44.6 Å². The zero-order chi connectivity index (χ0) is 24.3. The van der Waals surface area contributed by atoms with Gasteiger partial charge < -0.3 is 24.4 Å². The molecule has 1 aliphatic rings. The smallest absolute Gasteiger partial charge is 0.274 e. The van der Waals surface area contributed by atoms with Gasteiger partial charge in [-0.15, -0.1) is 0 Å². The molecule has 3 aromatic heterocycles. The van der Waals surface area contributed by atoms with Crippen LogP contribution in [0, 0.1) is 0 Å². The molecule has 0 unspecified atom stereocenters. The number of aromatic nitrogens is 3. The number of fused-ring (bicyclic) bond motifs is 4. The van der Waals surface area contributed by atoms with Crippen LogP contribution in [0.3, 0.4) is 0 Å². The molecule has 1 aliphatic carbocycles. The number of aromatic amines is 2. The first-order valence-corrected chi connectivity index (χ1v) is 11.8. The Kier molecular flexibility index (Phi) is 4.87. The number of rotatable bonds is 3. The highest BCUT2D eigenvalue weighted by Crippen LogP contribution is 2.42. The molecule has 3 heterocycles. The standard InChI is InChI=1S/C26H25N3O6/c1-34-18-11-8-13(12-17(18)31)19-20-25(29(28-26(20)33)14-6-4-2-3-5-7-14)27-21-15-9-10-16(30)22(32)23(15)35-24(19)21/h8-12,14,27,31-32H,2-7H2,1H3,(H,28,33). The van der Waals surface area contributed by atoms with Gasteiger partial charge in [-0.25, -0.2) is 0 Å². The summed E-state index contributed by atoms with van der Waals surface area (Å²) < 4.78 is 13.1. The van der Waals surface area contributed by atoms with Crippen molar-refractivity contribution in [2.75, 3.05) is 7.11 Å². The fraction of sp³-hybridized carbons (Fsp3) is 0.308. The number of aromatic hydroxyl groups is 2. The van der Waals surface area contributed by atoms with Gasteiger partial charge in [-0.05, 0) is 42.7 Å². The van der Waals surface area contributed by atoms with Crippen molar-refractivity contribution in [2.24, 2.45) is 0 Å². The van der Waals surface area contributed by atoms with E-state index in [9.17, 15) is 19.8 Å². The number of phenolic OH excluding ortho intramolecular Hbond substituents is 2. The Morgan fingerprint density at radius 3 is 2.51 bits per heavy atom. The summed E-state index contributed by atoms with van der Waals surface area (Å²) in [5, 5.41) is 24.8. The zero-order valence-electron chi connectivity index (χ0n) is 19.2. The lowest BCUT2D eigenvalue weighted by Crippen LogP contribution is -2.13. The van der Waals surface area contributed by atoms with Gasteiger partial charge in [-0.2, -0.15) is 0 Å². The number of ether oxygens (including phenoxy) is 1. The van der Waals surface area contributed by atoms with Gasteiger partial charge >= 0.3 is 0 Å². The van der Waals surface area contributed by atoms with E-state index in [1.54, 1.807) is 18.2 Å². The molecule has 9 heteroatoms. The number of furan rings is 1. The van der Waals surface area contributed by atoms with E-state index in [1.165, 1.54) is 32.1 Å². The molecule has 0 spiro atoms. The van der Waals surface area contributed by atoms with Crippen LogP contribution in [0.15, 0.2) is 44.3 Å². The van der Waals surface area contributed by atoms with E-state index in [0.29, 0.717) is 44.4 Å². The summed E-state index contributed by atoms with van der Waals surface area (Å²) in [4.78, 5) is 28.8. The molecular weight excluding hydrogens is 450 g/mol. The Balaban J connectivity index is 1.75. The lowest BCUT2D eigenvalue weighted by molar-refractivity contribution is 0.373. The van der Waals surface area contributed by atoms with Crippen molar-refractivity contribution < 1.29 is 19.4 Å². The number of methoxy groups -OCH3 is 1. The summed E-state index contributed by atoms with van der Waals surface area (Å²) in [6.07, 6.45) is 6.43. The average molecular weight is 476 g/mol. The fourth-order valence-corrected chi connectivity index (χ4v) is 5.38. The minimum atomic E-state index is -0.550. The lowest BCUT2D eigenvalue weighted by atomic mass is 10.0. The van der Waals surface area contributed by atoms with E-state index in [4.69, 9.17) is 9.15 Å². The molecule has 5 aromatic rings. The van der Waals surface area contributed by atoms with Crippen LogP contribution in [-0.4, -0.2) is 32.1 Å².